The van der Waals surface area contributed by atoms with Gasteiger partial charge in [0.15, 0.2) is 0 Å². The number of piperidine rings is 1. The highest BCUT2D eigenvalue weighted by Crippen LogP contribution is 2.25. The van der Waals surface area contributed by atoms with Gasteiger partial charge in [-0.1, -0.05) is 6.92 Å². The number of anilines is 2. The molecule has 1 aromatic carbocycles. The topological polar surface area (TPSA) is 50.5 Å². The molecule has 0 bridgehead atoms. The summed E-state index contributed by atoms with van der Waals surface area (Å²) in [5.41, 5.74) is 7.77. The monoisotopic (exact) mass is 277 g/mol. The van der Waals surface area contributed by atoms with Crippen LogP contribution in [0.2, 0.25) is 0 Å². The zero-order chi connectivity index (χ0) is 14.5. The van der Waals surface area contributed by atoms with Gasteiger partial charge < -0.3 is 20.7 Å². The maximum Gasteiger partial charge on any atom is 0.123 e. The fourth-order valence-corrected chi connectivity index (χ4v) is 2.74. The molecule has 1 heterocycles. The van der Waals surface area contributed by atoms with E-state index in [9.17, 15) is 0 Å². The number of likely N-dealkylation sites (tertiary alicyclic amines) is 1. The number of nitrogens with two attached hydrogens (primary N) is 1. The number of benzene rings is 1. The van der Waals surface area contributed by atoms with Crippen molar-refractivity contribution in [3.63, 3.8) is 0 Å². The minimum atomic E-state index is 0.162. The fourth-order valence-electron chi connectivity index (χ4n) is 2.74. The summed E-state index contributed by atoms with van der Waals surface area (Å²) in [6.07, 6.45) is 2.63. The van der Waals surface area contributed by atoms with Crippen LogP contribution in [0.15, 0.2) is 18.2 Å². The van der Waals surface area contributed by atoms with E-state index < -0.39 is 0 Å². The Bertz CT molecular complexity index is 434. The lowest BCUT2D eigenvalue weighted by atomic mass is 10.1. The molecule has 0 radical (unpaired) electrons. The van der Waals surface area contributed by atoms with Gasteiger partial charge in [0.05, 0.1) is 6.10 Å². The Morgan fingerprint density at radius 2 is 2.20 bits per heavy atom. The molecule has 1 saturated heterocycles. The van der Waals surface area contributed by atoms with Crippen LogP contribution in [-0.4, -0.2) is 36.7 Å². The number of nitrogens with one attached hydrogen (secondary N) is 1. The Kier molecular flexibility index (Phi) is 5.12. The first-order chi connectivity index (χ1) is 9.56. The van der Waals surface area contributed by atoms with Crippen LogP contribution in [0.3, 0.4) is 0 Å². The summed E-state index contributed by atoms with van der Waals surface area (Å²) in [7, 11) is 0. The van der Waals surface area contributed by atoms with Crippen LogP contribution in [0, 0.1) is 0 Å². The van der Waals surface area contributed by atoms with E-state index in [0.717, 1.165) is 30.2 Å². The zero-order valence-electron chi connectivity index (χ0n) is 12.9. The number of nitrogens with zero attached hydrogens (tertiary/aromatic N) is 1. The molecule has 0 aliphatic carbocycles. The molecule has 4 nitrogen and oxygen atoms in total. The molecular weight excluding hydrogens is 250 g/mol. The summed E-state index contributed by atoms with van der Waals surface area (Å²) in [5, 5.41) is 3.60. The van der Waals surface area contributed by atoms with Crippen molar-refractivity contribution >= 4 is 11.4 Å². The van der Waals surface area contributed by atoms with Crippen molar-refractivity contribution in [1.82, 2.24) is 4.90 Å². The van der Waals surface area contributed by atoms with Crippen LogP contribution in [0.1, 0.15) is 33.6 Å². The molecule has 0 aromatic heterocycles. The van der Waals surface area contributed by atoms with Crippen molar-refractivity contribution < 1.29 is 4.74 Å². The van der Waals surface area contributed by atoms with Crippen molar-refractivity contribution in [2.45, 2.75) is 45.8 Å². The fraction of sp³-hybridized carbons (Fsp3) is 0.625. The third kappa shape index (κ3) is 4.30. The molecule has 0 saturated carbocycles. The van der Waals surface area contributed by atoms with Crippen LogP contribution in [-0.2, 0) is 0 Å². The summed E-state index contributed by atoms with van der Waals surface area (Å²) in [6.45, 7) is 9.71. The van der Waals surface area contributed by atoms with Crippen LogP contribution in [0.25, 0.3) is 0 Å². The molecule has 1 atom stereocenters. The Hall–Kier alpha value is -1.42. The molecule has 1 fully saturated rings. The molecule has 1 unspecified atom stereocenters. The Balaban J connectivity index is 2.02. The number of rotatable bonds is 5. The molecule has 1 aliphatic rings. The van der Waals surface area contributed by atoms with Crippen LogP contribution in [0.4, 0.5) is 11.4 Å². The van der Waals surface area contributed by atoms with E-state index in [1.165, 1.54) is 19.4 Å². The second-order valence-corrected chi connectivity index (χ2v) is 5.83. The predicted octanol–water partition coefficient (Wildman–Crippen LogP) is 2.95. The summed E-state index contributed by atoms with van der Waals surface area (Å²) in [5.74, 6) is 0.839. The number of likely N-dealkylation sites (N-methyl/N-ethyl adjacent to an activating group) is 1. The Morgan fingerprint density at radius 3 is 2.90 bits per heavy atom. The molecule has 1 aromatic rings. The minimum Gasteiger partial charge on any atom is -0.491 e. The molecule has 0 amide bonds. The second-order valence-electron chi connectivity index (χ2n) is 5.83. The highest BCUT2D eigenvalue weighted by atomic mass is 16.5. The van der Waals surface area contributed by atoms with Crippen molar-refractivity contribution in [2.75, 3.05) is 30.7 Å². The maximum absolute atomic E-state index is 5.96. The van der Waals surface area contributed by atoms with Gasteiger partial charge in [-0.2, -0.15) is 0 Å². The van der Waals surface area contributed by atoms with Crippen LogP contribution in [0.5, 0.6) is 5.75 Å². The predicted molar refractivity (Wildman–Crippen MR) is 85.4 cm³/mol. The minimum absolute atomic E-state index is 0.162. The first-order valence-electron chi connectivity index (χ1n) is 7.63. The number of hydrogen-bond acceptors (Lipinski definition) is 4. The van der Waals surface area contributed by atoms with Crippen molar-refractivity contribution in [1.29, 1.82) is 0 Å². The Morgan fingerprint density at radius 1 is 1.40 bits per heavy atom. The summed E-state index contributed by atoms with van der Waals surface area (Å²) in [4.78, 5) is 2.49. The van der Waals surface area contributed by atoms with Gasteiger partial charge >= 0.3 is 0 Å². The Labute approximate surface area is 122 Å². The number of hydrogen-bond donors (Lipinski definition) is 2. The molecule has 112 valence electrons. The number of nitrogen functional groups attached to an aromatic ring is 1. The standard InChI is InChI=1S/C16H27N3O/c1-4-19-7-5-6-14(11-19)18-15-8-13(17)9-16(10-15)20-12(2)3/h8-10,12,14,18H,4-7,11,17H2,1-3H3. The van der Waals surface area contributed by atoms with E-state index in [1.54, 1.807) is 0 Å². The van der Waals surface area contributed by atoms with E-state index in [0.29, 0.717) is 6.04 Å². The van der Waals surface area contributed by atoms with Gasteiger partial charge in [0.25, 0.3) is 0 Å². The van der Waals surface area contributed by atoms with Gasteiger partial charge in [-0.25, -0.2) is 0 Å². The molecular formula is C16H27N3O. The molecule has 4 heteroatoms. The summed E-state index contributed by atoms with van der Waals surface area (Å²) in [6, 6.07) is 6.40. The van der Waals surface area contributed by atoms with Gasteiger partial charge in [0, 0.05) is 36.1 Å². The van der Waals surface area contributed by atoms with E-state index in [1.807, 2.05) is 32.0 Å². The summed E-state index contributed by atoms with van der Waals surface area (Å²) < 4.78 is 5.74. The van der Waals surface area contributed by atoms with E-state index in [4.69, 9.17) is 10.5 Å². The average Bonchev–Trinajstić information content (AvgIpc) is 2.37. The largest absolute Gasteiger partial charge is 0.491 e. The van der Waals surface area contributed by atoms with Crippen molar-refractivity contribution in [3.8, 4) is 5.75 Å². The first kappa shape index (κ1) is 15.0. The highest BCUT2D eigenvalue weighted by molar-refractivity contribution is 5.59. The van der Waals surface area contributed by atoms with Crippen LogP contribution >= 0.6 is 0 Å². The zero-order valence-corrected chi connectivity index (χ0v) is 12.9. The highest BCUT2D eigenvalue weighted by Gasteiger charge is 2.18. The molecule has 0 spiro atoms. The third-order valence-corrected chi connectivity index (χ3v) is 3.62. The normalized spacial score (nSPS) is 20.1. The lowest BCUT2D eigenvalue weighted by Gasteiger charge is -2.33. The lowest BCUT2D eigenvalue weighted by Crippen LogP contribution is -2.41. The van der Waals surface area contributed by atoms with Crippen molar-refractivity contribution in [3.05, 3.63) is 18.2 Å². The van der Waals surface area contributed by atoms with Gasteiger partial charge in [0.2, 0.25) is 0 Å². The molecule has 3 N–H and O–H groups in total. The first-order valence-corrected chi connectivity index (χ1v) is 7.63. The van der Waals surface area contributed by atoms with E-state index in [2.05, 4.69) is 17.1 Å². The van der Waals surface area contributed by atoms with Crippen LogP contribution < -0.4 is 15.8 Å². The lowest BCUT2D eigenvalue weighted by molar-refractivity contribution is 0.226. The third-order valence-electron chi connectivity index (χ3n) is 3.62. The molecule has 20 heavy (non-hydrogen) atoms. The maximum atomic E-state index is 5.96. The molecule has 1 aliphatic heterocycles. The quantitative estimate of drug-likeness (QED) is 0.813. The second kappa shape index (κ2) is 6.84. The van der Waals surface area contributed by atoms with Crippen molar-refractivity contribution in [2.24, 2.45) is 0 Å². The SMILES string of the molecule is CCN1CCCC(Nc2cc(N)cc(OC(C)C)c2)C1. The average molecular weight is 277 g/mol. The van der Waals surface area contributed by atoms with E-state index >= 15 is 0 Å². The van der Waals surface area contributed by atoms with Gasteiger partial charge in [-0.3, -0.25) is 0 Å². The summed E-state index contributed by atoms with van der Waals surface area (Å²) >= 11 is 0. The smallest absolute Gasteiger partial charge is 0.123 e. The van der Waals surface area contributed by atoms with Gasteiger partial charge in [-0.15, -0.1) is 0 Å². The number of ether oxygens (including phenoxy) is 1. The van der Waals surface area contributed by atoms with Gasteiger partial charge in [0.1, 0.15) is 5.75 Å². The molecule has 2 rings (SSSR count). The van der Waals surface area contributed by atoms with Gasteiger partial charge in [-0.05, 0) is 45.8 Å². The van der Waals surface area contributed by atoms with E-state index in [-0.39, 0.29) is 6.10 Å².